The summed E-state index contributed by atoms with van der Waals surface area (Å²) in [6.45, 7) is 14.5. The van der Waals surface area contributed by atoms with Crippen molar-refractivity contribution >= 4 is 35.1 Å². The van der Waals surface area contributed by atoms with Gasteiger partial charge in [0.1, 0.15) is 11.6 Å². The van der Waals surface area contributed by atoms with Crippen LogP contribution < -0.4 is 10.6 Å². The molecule has 3 rings (SSSR count). The molecule has 2 aromatic heterocycles. The second kappa shape index (κ2) is 12.6. The van der Waals surface area contributed by atoms with Crippen LogP contribution in [0.1, 0.15) is 93.6 Å². The molecule has 0 aliphatic heterocycles. The summed E-state index contributed by atoms with van der Waals surface area (Å²) in [5.41, 5.74) is 0.151. The molecule has 0 amide bonds. The van der Waals surface area contributed by atoms with Crippen LogP contribution >= 0.6 is 23.2 Å². The van der Waals surface area contributed by atoms with E-state index in [4.69, 9.17) is 23.2 Å². The molecule has 1 aliphatic rings. The summed E-state index contributed by atoms with van der Waals surface area (Å²) >= 11 is 11.6. The molecule has 8 nitrogen and oxygen atoms in total. The fourth-order valence-electron chi connectivity index (χ4n) is 4.12. The molecule has 1 aliphatic carbocycles. The lowest BCUT2D eigenvalue weighted by molar-refractivity contribution is 0.301. The third-order valence-electron chi connectivity index (χ3n) is 4.80. The lowest BCUT2D eigenvalue weighted by atomic mass is 9.82. The Balaban J connectivity index is 0.000000608. The van der Waals surface area contributed by atoms with Crippen LogP contribution in [-0.2, 0) is 0 Å². The average molecular weight is 502 g/mol. The summed E-state index contributed by atoms with van der Waals surface area (Å²) in [5.74, 6) is 2.43. The monoisotopic (exact) mass is 500 g/mol. The van der Waals surface area contributed by atoms with Gasteiger partial charge < -0.3 is 10.6 Å². The van der Waals surface area contributed by atoms with Crippen molar-refractivity contribution in [2.75, 3.05) is 10.6 Å². The van der Waals surface area contributed by atoms with Gasteiger partial charge in [-0.1, -0.05) is 47.5 Å². The Morgan fingerprint density at radius 2 is 1.27 bits per heavy atom. The van der Waals surface area contributed by atoms with Crippen LogP contribution in [0.2, 0.25) is 10.6 Å². The summed E-state index contributed by atoms with van der Waals surface area (Å²) in [6.07, 6.45) is 7.31. The molecule has 0 radical (unpaired) electrons. The van der Waals surface area contributed by atoms with Crippen LogP contribution in [0.5, 0.6) is 0 Å². The highest BCUT2D eigenvalue weighted by atomic mass is 35.5. The van der Waals surface area contributed by atoms with Gasteiger partial charge >= 0.3 is 0 Å². The van der Waals surface area contributed by atoms with E-state index >= 15 is 0 Å². The summed E-state index contributed by atoms with van der Waals surface area (Å²) in [6, 6.07) is 0.497. The molecule has 2 N–H and O–H groups in total. The maximum Gasteiger partial charge on any atom is 0.227 e. The topological polar surface area (TPSA) is 101 Å². The van der Waals surface area contributed by atoms with Gasteiger partial charge in [-0.15, -0.1) is 0 Å². The first-order valence-electron chi connectivity index (χ1n) is 11.1. The number of hydrogen-bond acceptors (Lipinski definition) is 8. The Hall–Kier alpha value is -1.80. The number of anilines is 2. The first-order valence-corrected chi connectivity index (χ1v) is 11.9. The predicted octanol–water partition coefficient (Wildman–Crippen LogP) is 6.92. The molecular formula is C23H42Cl2N8. The Morgan fingerprint density at radius 1 is 0.788 bits per heavy atom. The van der Waals surface area contributed by atoms with Gasteiger partial charge in [-0.05, 0) is 75.6 Å². The zero-order chi connectivity index (χ0) is 23.9. The Bertz CT molecular complexity index is 843. The Labute approximate surface area is 210 Å². The van der Waals surface area contributed by atoms with E-state index < -0.39 is 0 Å². The van der Waals surface area contributed by atoms with Crippen LogP contribution in [0.3, 0.4) is 0 Å². The van der Waals surface area contributed by atoms with Gasteiger partial charge in [-0.3, -0.25) is 0 Å². The number of hydrogen-bond donors (Lipinski definition) is 2. The Morgan fingerprint density at radius 3 is 1.76 bits per heavy atom. The van der Waals surface area contributed by atoms with Gasteiger partial charge in [0, 0.05) is 13.0 Å². The molecule has 0 aromatic carbocycles. The number of rotatable bonds is 5. The second-order valence-corrected chi connectivity index (χ2v) is 10.9. The van der Waals surface area contributed by atoms with E-state index in [1.165, 1.54) is 32.1 Å². The normalized spacial score (nSPS) is 14.6. The zero-order valence-electron chi connectivity index (χ0n) is 20.3. The molecular weight excluding hydrogens is 459 g/mol. The highest BCUT2D eigenvalue weighted by Crippen LogP contribution is 2.29. The predicted molar refractivity (Wildman–Crippen MR) is 140 cm³/mol. The molecule has 0 atom stereocenters. The highest BCUT2D eigenvalue weighted by Gasteiger charge is 2.26. The van der Waals surface area contributed by atoms with Gasteiger partial charge in [0.05, 0.1) is 0 Å². The SMILES string of the molecule is C.Cc1nc(Cl)nc(NC(C)(C)CC(C)(C)C)n1.Cc1nc(Cl)nc(NC2CCCCC2)n1.[HH]. The fourth-order valence-corrected chi connectivity index (χ4v) is 4.53. The van der Waals surface area contributed by atoms with Crippen molar-refractivity contribution in [3.63, 3.8) is 0 Å². The number of halogens is 2. The van der Waals surface area contributed by atoms with Gasteiger partial charge in [0.2, 0.25) is 22.5 Å². The van der Waals surface area contributed by atoms with Gasteiger partial charge in [0.15, 0.2) is 0 Å². The van der Waals surface area contributed by atoms with Crippen molar-refractivity contribution in [1.29, 1.82) is 0 Å². The van der Waals surface area contributed by atoms with E-state index in [9.17, 15) is 0 Å². The summed E-state index contributed by atoms with van der Waals surface area (Å²) in [5, 5.41) is 7.12. The molecule has 188 valence electrons. The largest absolute Gasteiger partial charge is 0.351 e. The molecule has 2 aromatic rings. The summed E-state index contributed by atoms with van der Waals surface area (Å²) in [4.78, 5) is 24.5. The van der Waals surface area contributed by atoms with Crippen LogP contribution in [0, 0.1) is 19.3 Å². The maximum atomic E-state index is 5.81. The van der Waals surface area contributed by atoms with E-state index in [0.717, 1.165) is 6.42 Å². The number of aromatic nitrogens is 6. The fraction of sp³-hybridized carbons (Fsp3) is 0.739. The summed E-state index contributed by atoms with van der Waals surface area (Å²) < 4.78 is 0. The van der Waals surface area contributed by atoms with Crippen LogP contribution in [-0.4, -0.2) is 41.5 Å². The number of nitrogens with one attached hydrogen (secondary N) is 2. The lowest BCUT2D eigenvalue weighted by Crippen LogP contribution is -2.36. The molecule has 2 heterocycles. The summed E-state index contributed by atoms with van der Waals surface area (Å²) in [7, 11) is 0. The first-order chi connectivity index (χ1) is 14.8. The number of nitrogens with zero attached hydrogens (tertiary/aromatic N) is 6. The van der Waals surface area contributed by atoms with Gasteiger partial charge in [-0.2, -0.15) is 19.9 Å². The molecule has 0 bridgehead atoms. The molecule has 10 heteroatoms. The van der Waals surface area contributed by atoms with Crippen LogP contribution in [0.15, 0.2) is 0 Å². The lowest BCUT2D eigenvalue weighted by Gasteiger charge is -2.33. The zero-order valence-corrected chi connectivity index (χ0v) is 21.8. The van der Waals surface area contributed by atoms with E-state index in [1.54, 1.807) is 6.92 Å². The molecule has 1 saturated carbocycles. The number of aryl methyl sites for hydroxylation is 2. The molecule has 1 fully saturated rings. The van der Waals surface area contributed by atoms with Crippen molar-refractivity contribution in [3.8, 4) is 0 Å². The van der Waals surface area contributed by atoms with Gasteiger partial charge in [0.25, 0.3) is 0 Å². The Kier molecular flexibility index (Phi) is 11.2. The highest BCUT2D eigenvalue weighted by molar-refractivity contribution is 6.28. The maximum absolute atomic E-state index is 5.81. The third-order valence-corrected chi connectivity index (χ3v) is 5.14. The standard InChI is InChI=1S/C12H21ClN4.C10H15ClN4.CH4.H2/c1-8-14-9(13)16-10(15-8)17-12(5,6)7-11(2,3)4;1-7-12-9(11)15-10(13-7)14-8-5-3-2-4-6-8;;/h7H2,1-6H3,(H,14,15,16,17);8H,2-6H2,1H3,(H,12,13,14,15);1H4;1H. The second-order valence-electron chi connectivity index (χ2n) is 10.2. The minimum absolute atomic E-state index is 0. The minimum atomic E-state index is -0.0879. The van der Waals surface area contributed by atoms with E-state index in [2.05, 4.69) is 75.2 Å². The third kappa shape index (κ3) is 11.8. The van der Waals surface area contributed by atoms with Crippen molar-refractivity contribution in [2.45, 2.75) is 106 Å². The molecule has 0 spiro atoms. The quantitative estimate of drug-likeness (QED) is 0.455. The van der Waals surface area contributed by atoms with E-state index in [0.29, 0.717) is 29.6 Å². The average Bonchev–Trinajstić information content (AvgIpc) is 2.58. The van der Waals surface area contributed by atoms with E-state index in [-0.39, 0.29) is 30.4 Å². The van der Waals surface area contributed by atoms with Gasteiger partial charge in [-0.25, -0.2) is 9.97 Å². The molecule has 0 saturated heterocycles. The van der Waals surface area contributed by atoms with Crippen LogP contribution in [0.4, 0.5) is 11.9 Å². The van der Waals surface area contributed by atoms with Crippen molar-refractivity contribution in [1.82, 2.24) is 29.9 Å². The van der Waals surface area contributed by atoms with E-state index in [1.807, 2.05) is 6.92 Å². The first kappa shape index (κ1) is 29.2. The van der Waals surface area contributed by atoms with Crippen molar-refractivity contribution in [3.05, 3.63) is 22.2 Å². The smallest absolute Gasteiger partial charge is 0.227 e. The van der Waals surface area contributed by atoms with Crippen molar-refractivity contribution in [2.24, 2.45) is 5.41 Å². The molecule has 0 unspecified atom stereocenters. The molecule has 33 heavy (non-hydrogen) atoms. The minimum Gasteiger partial charge on any atom is -0.351 e. The van der Waals surface area contributed by atoms with Crippen molar-refractivity contribution < 1.29 is 1.43 Å². The van der Waals surface area contributed by atoms with Crippen LogP contribution in [0.25, 0.3) is 0 Å².